The second-order valence-electron chi connectivity index (χ2n) is 8.06. The molecule has 0 atom stereocenters. The van der Waals surface area contributed by atoms with Crippen LogP contribution in [0.3, 0.4) is 0 Å². The maximum absolute atomic E-state index is 6.66. The third kappa shape index (κ3) is 3.75. The Labute approximate surface area is 137 Å². The molecule has 2 heterocycles. The zero-order chi connectivity index (χ0) is 15.6. The molecule has 2 saturated heterocycles. The summed E-state index contributed by atoms with van der Waals surface area (Å²) in [5, 5.41) is 1.62. The van der Waals surface area contributed by atoms with Crippen molar-refractivity contribution in [3.8, 4) is 0 Å². The first-order chi connectivity index (χ1) is 10.5. The standard InChI is InChI=1S/C19H29BOSi/c1-22(2,3)19(15-16-9-5-4-6-10-16)20-17-11-7-13-18(21-20)14-8-12-17/h4-6,9-10,15,17-18H,7-8,11-14H2,1-3H3/b19-15+. The first-order valence-corrected chi connectivity index (χ1v) is 12.5. The lowest BCUT2D eigenvalue weighted by molar-refractivity contribution is 0.190. The minimum absolute atomic E-state index is 0.377. The molecule has 0 unspecified atom stereocenters. The molecule has 118 valence electrons. The second kappa shape index (κ2) is 6.76. The lowest BCUT2D eigenvalue weighted by Crippen LogP contribution is -2.40. The van der Waals surface area contributed by atoms with Crippen molar-refractivity contribution in [2.24, 2.45) is 0 Å². The molecule has 2 fully saturated rings. The Kier molecular flexibility index (Phi) is 4.94. The van der Waals surface area contributed by atoms with Gasteiger partial charge in [-0.3, -0.25) is 0 Å². The van der Waals surface area contributed by atoms with Gasteiger partial charge in [-0.15, -0.1) is 0 Å². The van der Waals surface area contributed by atoms with Crippen LogP contribution in [0.15, 0.2) is 35.4 Å². The van der Waals surface area contributed by atoms with Crippen LogP contribution in [0, 0.1) is 0 Å². The molecular weight excluding hydrogens is 283 g/mol. The van der Waals surface area contributed by atoms with Crippen molar-refractivity contribution in [3.63, 3.8) is 0 Å². The van der Waals surface area contributed by atoms with Gasteiger partial charge in [0.05, 0.1) is 8.07 Å². The molecule has 0 saturated carbocycles. The minimum atomic E-state index is -1.40. The summed E-state index contributed by atoms with van der Waals surface area (Å²) in [4.78, 5) is 0. The first-order valence-electron chi connectivity index (χ1n) is 8.96. The van der Waals surface area contributed by atoms with Gasteiger partial charge in [-0.25, -0.2) is 0 Å². The predicted octanol–water partition coefficient (Wildman–Crippen LogP) is 5.60. The zero-order valence-corrected chi connectivity index (χ0v) is 15.3. The van der Waals surface area contributed by atoms with Gasteiger partial charge in [0, 0.05) is 6.10 Å². The number of fused-ring (bicyclic) bond motifs is 3. The third-order valence-corrected chi connectivity index (χ3v) is 7.42. The van der Waals surface area contributed by atoms with E-state index in [2.05, 4.69) is 56.0 Å². The summed E-state index contributed by atoms with van der Waals surface area (Å²) < 4.78 is 6.66. The smallest absolute Gasteiger partial charge is 0.322 e. The van der Waals surface area contributed by atoms with E-state index in [1.54, 1.807) is 5.10 Å². The topological polar surface area (TPSA) is 9.23 Å². The van der Waals surface area contributed by atoms with Gasteiger partial charge in [-0.2, -0.15) is 0 Å². The number of rotatable bonds is 3. The fraction of sp³-hybridized carbons (Fsp3) is 0.579. The van der Waals surface area contributed by atoms with E-state index in [4.69, 9.17) is 4.65 Å². The van der Waals surface area contributed by atoms with Crippen molar-refractivity contribution in [1.82, 2.24) is 0 Å². The van der Waals surface area contributed by atoms with Crippen molar-refractivity contribution in [1.29, 1.82) is 0 Å². The van der Waals surface area contributed by atoms with Crippen molar-refractivity contribution >= 4 is 21.1 Å². The molecule has 22 heavy (non-hydrogen) atoms. The van der Waals surface area contributed by atoms with Gasteiger partial charge in [-0.1, -0.05) is 86.8 Å². The maximum Gasteiger partial charge on any atom is 0.322 e. The molecule has 2 aliphatic heterocycles. The van der Waals surface area contributed by atoms with E-state index in [-0.39, 0.29) is 0 Å². The van der Waals surface area contributed by atoms with Crippen LogP contribution in [0.5, 0.6) is 0 Å². The number of benzene rings is 1. The van der Waals surface area contributed by atoms with Crippen LogP contribution in [-0.2, 0) is 4.65 Å². The van der Waals surface area contributed by atoms with Gasteiger partial charge in [0.25, 0.3) is 0 Å². The number of hydrogen-bond acceptors (Lipinski definition) is 1. The lowest BCUT2D eigenvalue weighted by atomic mass is 9.53. The maximum atomic E-state index is 6.66. The van der Waals surface area contributed by atoms with Crippen LogP contribution in [0.2, 0.25) is 25.5 Å². The second-order valence-corrected chi connectivity index (χ2v) is 13.1. The van der Waals surface area contributed by atoms with E-state index >= 15 is 0 Å². The molecule has 0 radical (unpaired) electrons. The van der Waals surface area contributed by atoms with E-state index < -0.39 is 8.07 Å². The third-order valence-electron chi connectivity index (χ3n) is 5.26. The fourth-order valence-electron chi connectivity index (χ4n) is 4.04. The Hall–Kier alpha value is -0.798. The number of hydrogen-bond donors (Lipinski definition) is 0. The lowest BCUT2D eigenvalue weighted by Gasteiger charge is -2.31. The van der Waals surface area contributed by atoms with Gasteiger partial charge < -0.3 is 4.65 Å². The van der Waals surface area contributed by atoms with Crippen LogP contribution in [0.25, 0.3) is 6.08 Å². The van der Waals surface area contributed by atoms with Crippen molar-refractivity contribution in [2.75, 3.05) is 0 Å². The first kappa shape index (κ1) is 16.1. The predicted molar refractivity (Wildman–Crippen MR) is 99.8 cm³/mol. The highest BCUT2D eigenvalue weighted by Gasteiger charge is 2.41. The van der Waals surface area contributed by atoms with Crippen LogP contribution in [0.4, 0.5) is 0 Å². The van der Waals surface area contributed by atoms with Crippen LogP contribution in [-0.4, -0.2) is 21.1 Å². The van der Waals surface area contributed by atoms with E-state index in [1.165, 1.54) is 44.1 Å². The molecule has 0 aliphatic carbocycles. The molecule has 1 aromatic carbocycles. The quantitative estimate of drug-likeness (QED) is 0.660. The van der Waals surface area contributed by atoms with Gasteiger partial charge in [0.2, 0.25) is 0 Å². The SMILES string of the molecule is C[Si](C)(C)/C(=C/c1ccccc1)B1OC2CCCC1CCC2. The molecule has 3 heteroatoms. The van der Waals surface area contributed by atoms with Crippen LogP contribution < -0.4 is 0 Å². The molecule has 2 bridgehead atoms. The van der Waals surface area contributed by atoms with Crippen LogP contribution in [0.1, 0.15) is 44.1 Å². The monoisotopic (exact) mass is 312 g/mol. The Morgan fingerprint density at radius 3 is 2.27 bits per heavy atom. The Bertz CT molecular complexity index is 510. The summed E-state index contributed by atoms with van der Waals surface area (Å²) in [6, 6.07) is 10.8. The summed E-state index contributed by atoms with van der Waals surface area (Å²) >= 11 is 0. The molecule has 0 spiro atoms. The molecule has 3 rings (SSSR count). The highest BCUT2D eigenvalue weighted by Crippen LogP contribution is 2.41. The summed E-state index contributed by atoms with van der Waals surface area (Å²) in [5.74, 6) is 0.745. The summed E-state index contributed by atoms with van der Waals surface area (Å²) in [7, 11) is -1.40. The van der Waals surface area contributed by atoms with Gasteiger partial charge in [-0.05, 0) is 24.2 Å². The summed E-state index contributed by atoms with van der Waals surface area (Å²) in [5.41, 5.74) is 1.34. The molecule has 2 aliphatic rings. The van der Waals surface area contributed by atoms with E-state index in [0.717, 1.165) is 5.82 Å². The fourth-order valence-corrected chi connectivity index (χ4v) is 5.80. The van der Waals surface area contributed by atoms with Gasteiger partial charge in [0.1, 0.15) is 0 Å². The van der Waals surface area contributed by atoms with E-state index in [1.807, 2.05) is 0 Å². The molecule has 1 nitrogen and oxygen atoms in total. The zero-order valence-electron chi connectivity index (χ0n) is 14.3. The molecular formula is C19H29BOSi. The van der Waals surface area contributed by atoms with Gasteiger partial charge in [0.15, 0.2) is 0 Å². The molecule has 0 N–H and O–H groups in total. The van der Waals surface area contributed by atoms with E-state index in [0.29, 0.717) is 13.0 Å². The molecule has 0 aromatic heterocycles. The van der Waals surface area contributed by atoms with Gasteiger partial charge >= 0.3 is 6.92 Å². The average molecular weight is 312 g/mol. The van der Waals surface area contributed by atoms with Crippen molar-refractivity contribution < 1.29 is 4.65 Å². The Morgan fingerprint density at radius 1 is 1.05 bits per heavy atom. The summed E-state index contributed by atoms with van der Waals surface area (Å²) in [6.07, 6.45) is 10.9. The average Bonchev–Trinajstić information content (AvgIpc) is 2.76. The largest absolute Gasteiger partial charge is 0.429 e. The Morgan fingerprint density at radius 2 is 1.68 bits per heavy atom. The normalized spacial score (nSPS) is 26.7. The highest BCUT2D eigenvalue weighted by molar-refractivity contribution is 6.97. The summed E-state index contributed by atoms with van der Waals surface area (Å²) in [6.45, 7) is 7.79. The molecule has 1 aromatic rings. The van der Waals surface area contributed by atoms with Crippen molar-refractivity contribution in [2.45, 2.75) is 70.1 Å². The minimum Gasteiger partial charge on any atom is -0.429 e. The highest BCUT2D eigenvalue weighted by atomic mass is 28.3. The van der Waals surface area contributed by atoms with Crippen LogP contribution >= 0.6 is 0 Å². The Balaban J connectivity index is 1.97. The van der Waals surface area contributed by atoms with E-state index in [9.17, 15) is 0 Å². The van der Waals surface area contributed by atoms with Crippen molar-refractivity contribution in [3.05, 3.63) is 41.0 Å². The molecule has 0 amide bonds.